The predicted octanol–water partition coefficient (Wildman–Crippen LogP) is 1.66. The number of ether oxygens (including phenoxy) is 2. The van der Waals surface area contributed by atoms with Crippen molar-refractivity contribution >= 4 is 17.6 Å². The molecule has 9 nitrogen and oxygen atoms in total. The van der Waals surface area contributed by atoms with E-state index in [2.05, 4.69) is 10.3 Å². The van der Waals surface area contributed by atoms with Gasteiger partial charge in [0, 0.05) is 57.1 Å². The lowest BCUT2D eigenvalue weighted by Gasteiger charge is -2.46. The van der Waals surface area contributed by atoms with Gasteiger partial charge in [-0.15, -0.1) is 0 Å². The van der Waals surface area contributed by atoms with Gasteiger partial charge in [-0.3, -0.25) is 4.79 Å². The summed E-state index contributed by atoms with van der Waals surface area (Å²) in [5.74, 6) is 0.855. The fraction of sp³-hybridized carbons (Fsp3) is 0.500. The molecule has 1 atom stereocenters. The molecule has 164 valence electrons. The van der Waals surface area contributed by atoms with Crippen LogP contribution in [0.4, 0.5) is 10.5 Å². The Balaban J connectivity index is 1.29. The number of carbonyl (C=O) groups excluding carboxylic acids is 2. The minimum atomic E-state index is -0.655. The summed E-state index contributed by atoms with van der Waals surface area (Å²) in [6.45, 7) is 3.84. The molecule has 31 heavy (non-hydrogen) atoms. The number of benzene rings is 1. The number of aromatic nitrogens is 2. The van der Waals surface area contributed by atoms with Gasteiger partial charge in [0.25, 0.3) is 5.91 Å². The van der Waals surface area contributed by atoms with Gasteiger partial charge in [0.05, 0.1) is 19.8 Å². The van der Waals surface area contributed by atoms with Crippen molar-refractivity contribution in [3.63, 3.8) is 0 Å². The molecule has 3 aliphatic heterocycles. The number of nitrogens with zero attached hydrogens (tertiary/aromatic N) is 4. The first-order valence-electron chi connectivity index (χ1n) is 10.8. The molecule has 2 fully saturated rings. The number of hydrogen-bond donors (Lipinski definition) is 1. The van der Waals surface area contributed by atoms with Gasteiger partial charge in [-0.25, -0.2) is 9.78 Å². The number of imidazole rings is 1. The van der Waals surface area contributed by atoms with E-state index in [-0.39, 0.29) is 11.9 Å². The normalized spacial score (nSPS) is 22.8. The van der Waals surface area contributed by atoms with Crippen LogP contribution in [0.15, 0.2) is 42.7 Å². The summed E-state index contributed by atoms with van der Waals surface area (Å²) in [7, 11) is 0. The number of likely N-dealkylation sites (tertiary alicyclic amines) is 1. The molecule has 2 saturated heterocycles. The largest absolute Gasteiger partial charge is 0.378 e. The van der Waals surface area contributed by atoms with E-state index in [1.807, 2.05) is 46.0 Å². The number of fused-ring (bicyclic) bond motifs is 2. The van der Waals surface area contributed by atoms with Crippen molar-refractivity contribution < 1.29 is 19.1 Å². The Morgan fingerprint density at radius 2 is 1.77 bits per heavy atom. The summed E-state index contributed by atoms with van der Waals surface area (Å²) in [6.07, 6.45) is 4.31. The third-order valence-corrected chi connectivity index (χ3v) is 6.33. The number of urea groups is 1. The Morgan fingerprint density at radius 1 is 1.03 bits per heavy atom. The molecule has 3 aliphatic rings. The smallest absolute Gasteiger partial charge is 0.321 e. The van der Waals surface area contributed by atoms with Crippen LogP contribution in [0, 0.1) is 0 Å². The van der Waals surface area contributed by atoms with Gasteiger partial charge in [0.1, 0.15) is 11.4 Å². The third kappa shape index (κ3) is 3.90. The van der Waals surface area contributed by atoms with E-state index >= 15 is 0 Å². The van der Waals surface area contributed by atoms with Crippen LogP contribution < -0.4 is 5.32 Å². The second kappa shape index (κ2) is 8.32. The van der Waals surface area contributed by atoms with Gasteiger partial charge in [-0.1, -0.05) is 18.2 Å². The van der Waals surface area contributed by atoms with E-state index in [1.54, 1.807) is 11.1 Å². The van der Waals surface area contributed by atoms with Crippen LogP contribution in [0.5, 0.6) is 0 Å². The van der Waals surface area contributed by atoms with Gasteiger partial charge in [0.15, 0.2) is 6.10 Å². The van der Waals surface area contributed by atoms with Gasteiger partial charge >= 0.3 is 6.03 Å². The maximum absolute atomic E-state index is 13.1. The molecule has 0 bridgehead atoms. The maximum Gasteiger partial charge on any atom is 0.321 e. The van der Waals surface area contributed by atoms with E-state index < -0.39 is 11.7 Å². The van der Waals surface area contributed by atoms with Crippen LogP contribution in [0.2, 0.25) is 0 Å². The molecular formula is C22H27N5O4. The molecule has 1 aromatic carbocycles. The minimum Gasteiger partial charge on any atom is -0.378 e. The molecule has 9 heteroatoms. The van der Waals surface area contributed by atoms with E-state index in [0.717, 1.165) is 11.5 Å². The predicted molar refractivity (Wildman–Crippen MR) is 112 cm³/mol. The van der Waals surface area contributed by atoms with Gasteiger partial charge in [-0.2, -0.15) is 0 Å². The zero-order valence-corrected chi connectivity index (χ0v) is 17.4. The summed E-state index contributed by atoms with van der Waals surface area (Å²) in [5.41, 5.74) is 0.117. The topological polar surface area (TPSA) is 88.9 Å². The Labute approximate surface area is 180 Å². The molecule has 4 heterocycles. The first kappa shape index (κ1) is 20.0. The van der Waals surface area contributed by atoms with Crippen LogP contribution in [0.3, 0.4) is 0 Å². The lowest BCUT2D eigenvalue weighted by Crippen LogP contribution is -2.56. The first-order valence-corrected chi connectivity index (χ1v) is 10.8. The zero-order chi connectivity index (χ0) is 21.3. The van der Waals surface area contributed by atoms with Crippen molar-refractivity contribution in [1.82, 2.24) is 19.4 Å². The Kier molecular flexibility index (Phi) is 5.37. The van der Waals surface area contributed by atoms with Crippen LogP contribution >= 0.6 is 0 Å². The number of rotatable bonds is 2. The Hall–Kier alpha value is -2.91. The number of amides is 3. The van der Waals surface area contributed by atoms with Crippen molar-refractivity contribution in [2.75, 3.05) is 44.7 Å². The van der Waals surface area contributed by atoms with E-state index in [0.29, 0.717) is 58.8 Å². The highest BCUT2D eigenvalue weighted by atomic mass is 16.5. The Bertz CT molecular complexity index is 932. The highest BCUT2D eigenvalue weighted by Crippen LogP contribution is 2.40. The quantitative estimate of drug-likeness (QED) is 0.791. The first-order chi connectivity index (χ1) is 15.1. The molecule has 5 rings (SSSR count). The second-order valence-corrected chi connectivity index (χ2v) is 8.22. The lowest BCUT2D eigenvalue weighted by molar-refractivity contribution is -0.182. The number of hydrogen-bond acceptors (Lipinski definition) is 5. The van der Waals surface area contributed by atoms with E-state index in [1.165, 1.54) is 0 Å². The maximum atomic E-state index is 13.1. The summed E-state index contributed by atoms with van der Waals surface area (Å²) in [4.78, 5) is 34.0. The van der Waals surface area contributed by atoms with Crippen molar-refractivity contribution in [2.24, 2.45) is 0 Å². The van der Waals surface area contributed by atoms with Gasteiger partial charge in [-0.05, 0) is 12.1 Å². The molecule has 1 spiro atoms. The number of anilines is 1. The molecule has 1 N–H and O–H groups in total. The van der Waals surface area contributed by atoms with Crippen LogP contribution in [0.1, 0.15) is 18.7 Å². The number of carbonyl (C=O) groups is 2. The summed E-state index contributed by atoms with van der Waals surface area (Å²) >= 11 is 0. The van der Waals surface area contributed by atoms with Crippen molar-refractivity contribution in [1.29, 1.82) is 0 Å². The number of para-hydroxylation sites is 1. The molecule has 0 saturated carbocycles. The molecule has 0 unspecified atom stereocenters. The van der Waals surface area contributed by atoms with E-state index in [9.17, 15) is 9.59 Å². The van der Waals surface area contributed by atoms with Crippen molar-refractivity contribution in [3.05, 3.63) is 48.5 Å². The minimum absolute atomic E-state index is 0.00581. The Morgan fingerprint density at radius 3 is 2.52 bits per heavy atom. The highest BCUT2D eigenvalue weighted by molar-refractivity contribution is 5.89. The monoisotopic (exact) mass is 425 g/mol. The van der Waals surface area contributed by atoms with Crippen LogP contribution in [-0.2, 0) is 26.4 Å². The average molecular weight is 425 g/mol. The molecular weight excluding hydrogens is 398 g/mol. The van der Waals surface area contributed by atoms with E-state index in [4.69, 9.17) is 9.47 Å². The molecule has 0 aliphatic carbocycles. The van der Waals surface area contributed by atoms with Crippen LogP contribution in [0.25, 0.3) is 0 Å². The number of morpholine rings is 1. The molecule has 1 aromatic heterocycles. The third-order valence-electron chi connectivity index (χ3n) is 6.33. The van der Waals surface area contributed by atoms with Gasteiger partial charge < -0.3 is 29.2 Å². The SMILES string of the molecule is O=C(Nc1ccccc1)N1CCC2(CC1)O[C@@H](C(=O)N1CCOCC1)Cn1ccnc12. The number of nitrogens with one attached hydrogen (secondary N) is 1. The lowest BCUT2D eigenvalue weighted by atomic mass is 9.88. The van der Waals surface area contributed by atoms with Crippen LogP contribution in [-0.4, -0.2) is 76.8 Å². The number of piperidine rings is 1. The second-order valence-electron chi connectivity index (χ2n) is 8.22. The van der Waals surface area contributed by atoms with Gasteiger partial charge in [0.2, 0.25) is 0 Å². The zero-order valence-electron chi connectivity index (χ0n) is 17.4. The van der Waals surface area contributed by atoms with Crippen molar-refractivity contribution in [3.8, 4) is 0 Å². The molecule has 0 radical (unpaired) electrons. The fourth-order valence-electron chi connectivity index (χ4n) is 4.65. The average Bonchev–Trinajstić information content (AvgIpc) is 3.30. The highest BCUT2D eigenvalue weighted by Gasteiger charge is 2.48. The van der Waals surface area contributed by atoms with Crippen molar-refractivity contribution in [2.45, 2.75) is 31.1 Å². The standard InChI is InChI=1S/C22H27N5O4/c28-19(25-12-14-30-15-13-25)18-16-27-11-8-23-20(27)22(31-18)6-9-26(10-7-22)21(29)24-17-4-2-1-3-5-17/h1-5,8,11,18H,6-7,9-10,12-16H2,(H,24,29)/t18-/m1/s1. The molecule has 2 aromatic rings. The fourth-order valence-corrected chi connectivity index (χ4v) is 4.65. The molecule has 3 amide bonds. The summed E-state index contributed by atoms with van der Waals surface area (Å²) < 4.78 is 13.9. The summed E-state index contributed by atoms with van der Waals surface area (Å²) in [6, 6.07) is 9.31. The summed E-state index contributed by atoms with van der Waals surface area (Å²) in [5, 5.41) is 2.94.